The lowest BCUT2D eigenvalue weighted by atomic mass is 10.2. The normalized spacial score (nSPS) is 10.9. The summed E-state index contributed by atoms with van der Waals surface area (Å²) in [6.45, 7) is 0.673. The van der Waals surface area contributed by atoms with Gasteiger partial charge in [-0.1, -0.05) is 12.1 Å². The summed E-state index contributed by atoms with van der Waals surface area (Å²) in [5, 5.41) is 1.21. The molecule has 0 atom stereocenters. The van der Waals surface area contributed by atoms with Crippen LogP contribution in [-0.2, 0) is 13.5 Å². The molecule has 0 saturated heterocycles. The van der Waals surface area contributed by atoms with E-state index in [1.807, 2.05) is 12.1 Å². The first-order chi connectivity index (χ1) is 7.27. The van der Waals surface area contributed by atoms with Crippen LogP contribution in [0.3, 0.4) is 0 Å². The first-order valence-corrected chi connectivity index (χ1v) is 5.09. The Labute approximate surface area is 89.4 Å². The van der Waals surface area contributed by atoms with E-state index in [4.69, 9.17) is 10.5 Å². The molecule has 2 N–H and O–H groups in total. The highest BCUT2D eigenvalue weighted by molar-refractivity contribution is 5.87. The van der Waals surface area contributed by atoms with Gasteiger partial charge in [-0.15, -0.1) is 0 Å². The fraction of sp³-hybridized carbons (Fsp3) is 0.333. The van der Waals surface area contributed by atoms with Crippen LogP contribution >= 0.6 is 0 Å². The molecule has 3 heteroatoms. The van der Waals surface area contributed by atoms with Crippen LogP contribution in [0.15, 0.2) is 24.3 Å². The molecule has 2 rings (SSSR count). The summed E-state index contributed by atoms with van der Waals surface area (Å²) in [5.41, 5.74) is 7.97. The van der Waals surface area contributed by atoms with Gasteiger partial charge in [0.2, 0.25) is 0 Å². The van der Waals surface area contributed by atoms with Crippen LogP contribution in [0.5, 0.6) is 5.75 Å². The van der Waals surface area contributed by atoms with Crippen LogP contribution in [-0.4, -0.2) is 18.2 Å². The number of benzene rings is 1. The molecular weight excluding hydrogens is 188 g/mol. The molecule has 0 bridgehead atoms. The molecule has 80 valence electrons. The topological polar surface area (TPSA) is 40.2 Å². The molecule has 1 aromatic heterocycles. The van der Waals surface area contributed by atoms with Gasteiger partial charge < -0.3 is 15.0 Å². The second-order valence-corrected chi connectivity index (χ2v) is 3.63. The third-order valence-corrected chi connectivity index (χ3v) is 2.74. The summed E-state index contributed by atoms with van der Waals surface area (Å²) in [7, 11) is 3.75. The highest BCUT2D eigenvalue weighted by Crippen LogP contribution is 2.27. The highest BCUT2D eigenvalue weighted by Gasteiger charge is 2.08. The van der Waals surface area contributed by atoms with Crippen LogP contribution < -0.4 is 10.5 Å². The molecular formula is C12H16N2O. The van der Waals surface area contributed by atoms with E-state index in [0.29, 0.717) is 6.54 Å². The van der Waals surface area contributed by atoms with Gasteiger partial charge in [0.25, 0.3) is 0 Å². The SMILES string of the molecule is COc1cccc2cc(CCN)n(C)c12. The van der Waals surface area contributed by atoms with Crippen molar-refractivity contribution in [1.82, 2.24) is 4.57 Å². The number of fused-ring (bicyclic) bond motifs is 1. The lowest BCUT2D eigenvalue weighted by Crippen LogP contribution is -2.06. The van der Waals surface area contributed by atoms with Crippen molar-refractivity contribution in [2.75, 3.05) is 13.7 Å². The third kappa shape index (κ3) is 1.59. The Kier molecular flexibility index (Phi) is 2.64. The Hall–Kier alpha value is -1.48. The molecule has 15 heavy (non-hydrogen) atoms. The summed E-state index contributed by atoms with van der Waals surface area (Å²) in [6, 6.07) is 8.25. The van der Waals surface area contributed by atoms with E-state index in [2.05, 4.69) is 23.7 Å². The fourth-order valence-corrected chi connectivity index (χ4v) is 1.99. The number of hydrogen-bond donors (Lipinski definition) is 1. The van der Waals surface area contributed by atoms with E-state index in [1.54, 1.807) is 7.11 Å². The van der Waals surface area contributed by atoms with Crippen LogP contribution in [0.25, 0.3) is 10.9 Å². The summed E-state index contributed by atoms with van der Waals surface area (Å²) < 4.78 is 7.50. The first kappa shape index (κ1) is 10.1. The van der Waals surface area contributed by atoms with Crippen molar-refractivity contribution in [3.63, 3.8) is 0 Å². The van der Waals surface area contributed by atoms with Gasteiger partial charge in [0.15, 0.2) is 0 Å². The minimum absolute atomic E-state index is 0.673. The molecule has 2 aromatic rings. The van der Waals surface area contributed by atoms with E-state index < -0.39 is 0 Å². The molecule has 0 spiro atoms. The van der Waals surface area contributed by atoms with Gasteiger partial charge in [-0.3, -0.25) is 0 Å². The number of aryl methyl sites for hydroxylation is 1. The minimum atomic E-state index is 0.673. The molecule has 3 nitrogen and oxygen atoms in total. The third-order valence-electron chi connectivity index (χ3n) is 2.74. The maximum absolute atomic E-state index is 5.58. The van der Waals surface area contributed by atoms with Crippen molar-refractivity contribution in [2.24, 2.45) is 12.8 Å². The summed E-state index contributed by atoms with van der Waals surface area (Å²) >= 11 is 0. The Balaban J connectivity index is 2.65. The van der Waals surface area contributed by atoms with Gasteiger partial charge in [0.05, 0.1) is 12.6 Å². The average Bonchev–Trinajstić information content (AvgIpc) is 2.57. The number of methoxy groups -OCH3 is 1. The minimum Gasteiger partial charge on any atom is -0.495 e. The molecule has 0 aliphatic heterocycles. The predicted octanol–water partition coefficient (Wildman–Crippen LogP) is 1.69. The first-order valence-electron chi connectivity index (χ1n) is 5.09. The molecule has 0 aliphatic rings. The van der Waals surface area contributed by atoms with Gasteiger partial charge in [-0.25, -0.2) is 0 Å². The molecule has 0 aliphatic carbocycles. The van der Waals surface area contributed by atoms with Crippen LogP contribution in [0.4, 0.5) is 0 Å². The lowest BCUT2D eigenvalue weighted by molar-refractivity contribution is 0.417. The molecule has 0 radical (unpaired) electrons. The zero-order valence-electron chi connectivity index (χ0n) is 9.16. The van der Waals surface area contributed by atoms with Crippen LogP contribution in [0.1, 0.15) is 5.69 Å². The second kappa shape index (κ2) is 3.95. The van der Waals surface area contributed by atoms with Gasteiger partial charge >= 0.3 is 0 Å². The van der Waals surface area contributed by atoms with E-state index in [1.165, 1.54) is 11.1 Å². The van der Waals surface area contributed by atoms with Gasteiger partial charge in [0.1, 0.15) is 5.75 Å². The number of rotatable bonds is 3. The summed E-state index contributed by atoms with van der Waals surface area (Å²) in [6.07, 6.45) is 0.897. The summed E-state index contributed by atoms with van der Waals surface area (Å²) in [4.78, 5) is 0. The van der Waals surface area contributed by atoms with Gasteiger partial charge in [0, 0.05) is 18.1 Å². The Morgan fingerprint density at radius 1 is 1.40 bits per heavy atom. The van der Waals surface area contributed by atoms with Crippen LogP contribution in [0.2, 0.25) is 0 Å². The number of hydrogen-bond acceptors (Lipinski definition) is 2. The van der Waals surface area contributed by atoms with E-state index in [9.17, 15) is 0 Å². The maximum atomic E-state index is 5.58. The van der Waals surface area contributed by atoms with E-state index in [0.717, 1.165) is 17.7 Å². The summed E-state index contributed by atoms with van der Waals surface area (Å²) in [5.74, 6) is 0.915. The van der Waals surface area contributed by atoms with Crippen LogP contribution in [0, 0.1) is 0 Å². The fourth-order valence-electron chi connectivity index (χ4n) is 1.99. The van der Waals surface area contributed by atoms with E-state index in [-0.39, 0.29) is 0 Å². The lowest BCUT2D eigenvalue weighted by Gasteiger charge is -2.06. The van der Waals surface area contributed by atoms with Crippen molar-refractivity contribution in [1.29, 1.82) is 0 Å². The number of nitrogens with zero attached hydrogens (tertiary/aromatic N) is 1. The second-order valence-electron chi connectivity index (χ2n) is 3.63. The quantitative estimate of drug-likeness (QED) is 0.826. The molecule has 1 heterocycles. The molecule has 0 amide bonds. The Bertz CT molecular complexity index is 474. The van der Waals surface area contributed by atoms with Crippen molar-refractivity contribution in [3.8, 4) is 5.75 Å². The van der Waals surface area contributed by atoms with Crippen molar-refractivity contribution in [2.45, 2.75) is 6.42 Å². The largest absolute Gasteiger partial charge is 0.495 e. The standard InChI is InChI=1S/C12H16N2O/c1-14-10(6-7-13)8-9-4-3-5-11(15-2)12(9)14/h3-5,8H,6-7,13H2,1-2H3. The molecule has 0 saturated carbocycles. The van der Waals surface area contributed by atoms with Crippen molar-refractivity contribution >= 4 is 10.9 Å². The Morgan fingerprint density at radius 3 is 2.87 bits per heavy atom. The van der Waals surface area contributed by atoms with Gasteiger partial charge in [-0.2, -0.15) is 0 Å². The highest BCUT2D eigenvalue weighted by atomic mass is 16.5. The number of aromatic nitrogens is 1. The van der Waals surface area contributed by atoms with Gasteiger partial charge in [-0.05, 0) is 25.1 Å². The smallest absolute Gasteiger partial charge is 0.143 e. The van der Waals surface area contributed by atoms with E-state index >= 15 is 0 Å². The number of para-hydroxylation sites is 1. The predicted molar refractivity (Wildman–Crippen MR) is 62.2 cm³/mol. The maximum Gasteiger partial charge on any atom is 0.143 e. The zero-order chi connectivity index (χ0) is 10.8. The number of ether oxygens (including phenoxy) is 1. The zero-order valence-corrected chi connectivity index (χ0v) is 9.16. The molecule has 0 fully saturated rings. The van der Waals surface area contributed by atoms with Crippen molar-refractivity contribution < 1.29 is 4.74 Å². The number of nitrogens with two attached hydrogens (primary N) is 1. The Morgan fingerprint density at radius 2 is 2.20 bits per heavy atom. The molecule has 1 aromatic carbocycles. The monoisotopic (exact) mass is 204 g/mol. The molecule has 0 unspecified atom stereocenters. The average molecular weight is 204 g/mol. The van der Waals surface area contributed by atoms with Crippen molar-refractivity contribution in [3.05, 3.63) is 30.0 Å².